The van der Waals surface area contributed by atoms with Crippen LogP contribution in [0.25, 0.3) is 11.0 Å². The number of benzene rings is 1. The van der Waals surface area contributed by atoms with Crippen molar-refractivity contribution >= 4 is 43.5 Å². The Morgan fingerprint density at radius 1 is 1.31 bits per heavy atom. The summed E-state index contributed by atoms with van der Waals surface area (Å²) in [4.78, 5) is 31.7. The molecule has 0 amide bonds. The summed E-state index contributed by atoms with van der Waals surface area (Å²) >= 11 is 6.21. The van der Waals surface area contributed by atoms with E-state index in [9.17, 15) is 23.5 Å². The van der Waals surface area contributed by atoms with Gasteiger partial charge in [0.15, 0.2) is 11.6 Å². The van der Waals surface area contributed by atoms with E-state index in [2.05, 4.69) is 15.4 Å². The van der Waals surface area contributed by atoms with E-state index in [0.29, 0.717) is 16.6 Å². The summed E-state index contributed by atoms with van der Waals surface area (Å²) in [6.45, 7) is 1.15. The van der Waals surface area contributed by atoms with Crippen LogP contribution in [0.4, 0.5) is 10.1 Å². The van der Waals surface area contributed by atoms with Gasteiger partial charge in [-0.2, -0.15) is 5.10 Å². The van der Waals surface area contributed by atoms with Crippen LogP contribution in [0, 0.1) is 5.82 Å². The SMILES string of the molecule is C[C@H](Nc1cc(Cl)nc2c1cnn2[C@@H]1OC(COP(=O)(O)CP(=O)(O)O)=C[C@H]1O)c1ccccc1F. The van der Waals surface area contributed by atoms with Crippen molar-refractivity contribution in [1.82, 2.24) is 14.8 Å². The summed E-state index contributed by atoms with van der Waals surface area (Å²) in [6.07, 6.45) is 0.270. The largest absolute Gasteiger partial charge is 0.468 e. The van der Waals surface area contributed by atoms with E-state index in [4.69, 9.17) is 30.6 Å². The first-order chi connectivity index (χ1) is 16.8. The van der Waals surface area contributed by atoms with Gasteiger partial charge in [0.1, 0.15) is 29.4 Å². The molecule has 0 fully saturated rings. The smallest absolute Gasteiger partial charge is 0.340 e. The molecule has 0 bridgehead atoms. The third-order valence-electron chi connectivity index (χ3n) is 5.21. The molecule has 3 heterocycles. The summed E-state index contributed by atoms with van der Waals surface area (Å²) in [5, 5.41) is 18.5. The van der Waals surface area contributed by atoms with Crippen LogP contribution < -0.4 is 5.32 Å². The predicted octanol–water partition coefficient (Wildman–Crippen LogP) is 3.51. The number of ether oxygens (including phenoxy) is 1. The second-order valence-corrected chi connectivity index (χ2v) is 12.4. The van der Waals surface area contributed by atoms with E-state index < -0.39 is 46.1 Å². The molecule has 36 heavy (non-hydrogen) atoms. The predicted molar refractivity (Wildman–Crippen MR) is 128 cm³/mol. The molecule has 0 spiro atoms. The number of aliphatic hydroxyl groups is 1. The van der Waals surface area contributed by atoms with Gasteiger partial charge in [0.25, 0.3) is 0 Å². The molecule has 16 heteroatoms. The van der Waals surface area contributed by atoms with Gasteiger partial charge in [0.05, 0.1) is 23.3 Å². The Balaban J connectivity index is 1.53. The molecule has 3 aromatic rings. The number of anilines is 1. The maximum atomic E-state index is 14.2. The van der Waals surface area contributed by atoms with Crippen LogP contribution in [0.2, 0.25) is 5.15 Å². The molecule has 1 aliphatic rings. The lowest BCUT2D eigenvalue weighted by Crippen LogP contribution is -2.21. The molecule has 0 saturated heterocycles. The summed E-state index contributed by atoms with van der Waals surface area (Å²) in [7, 11) is -9.41. The highest BCUT2D eigenvalue weighted by Gasteiger charge is 2.35. The van der Waals surface area contributed by atoms with Crippen LogP contribution in [-0.4, -0.2) is 53.2 Å². The van der Waals surface area contributed by atoms with Crippen LogP contribution >= 0.6 is 26.8 Å². The van der Waals surface area contributed by atoms with Crippen LogP contribution in [0.3, 0.4) is 0 Å². The summed E-state index contributed by atoms with van der Waals surface area (Å²) in [5.41, 5.74) is 1.18. The van der Waals surface area contributed by atoms with Crippen molar-refractivity contribution in [3.8, 4) is 0 Å². The van der Waals surface area contributed by atoms with Crippen molar-refractivity contribution in [3.63, 3.8) is 0 Å². The molecule has 0 radical (unpaired) electrons. The zero-order valence-electron chi connectivity index (χ0n) is 18.6. The Bertz CT molecular complexity index is 1410. The lowest BCUT2D eigenvalue weighted by molar-refractivity contribution is -0.0117. The average Bonchev–Trinajstić information content (AvgIpc) is 3.34. The maximum Gasteiger partial charge on any atom is 0.340 e. The first-order valence-electron chi connectivity index (χ1n) is 10.4. The number of nitrogens with one attached hydrogen (secondary N) is 1. The molecule has 0 aliphatic carbocycles. The Hall–Kier alpha value is -2.34. The molecule has 2 aromatic heterocycles. The van der Waals surface area contributed by atoms with Gasteiger partial charge in [0.2, 0.25) is 6.23 Å². The van der Waals surface area contributed by atoms with Gasteiger partial charge in [-0.1, -0.05) is 29.8 Å². The molecule has 5 N–H and O–H groups in total. The van der Waals surface area contributed by atoms with Crippen molar-refractivity contribution in [2.75, 3.05) is 17.8 Å². The zero-order valence-corrected chi connectivity index (χ0v) is 21.1. The number of aliphatic hydroxyl groups excluding tert-OH is 1. The Morgan fingerprint density at radius 3 is 2.72 bits per heavy atom. The number of fused-ring (bicyclic) bond motifs is 1. The van der Waals surface area contributed by atoms with Crippen molar-refractivity contribution in [1.29, 1.82) is 0 Å². The monoisotopic (exact) mass is 562 g/mol. The fraction of sp³-hybridized carbons (Fsp3) is 0.300. The fourth-order valence-corrected chi connectivity index (χ4v) is 6.39. The molecular formula is C20H22ClFN4O8P2. The van der Waals surface area contributed by atoms with E-state index in [1.807, 2.05) is 0 Å². The highest BCUT2D eigenvalue weighted by molar-refractivity contribution is 7.70. The van der Waals surface area contributed by atoms with Crippen LogP contribution in [0.15, 0.2) is 48.4 Å². The van der Waals surface area contributed by atoms with Gasteiger partial charge in [-0.15, -0.1) is 0 Å². The molecule has 0 saturated carbocycles. The first kappa shape index (κ1) is 26.7. The molecular weight excluding hydrogens is 541 g/mol. The van der Waals surface area contributed by atoms with E-state index in [-0.39, 0.29) is 22.4 Å². The molecule has 12 nitrogen and oxygen atoms in total. The van der Waals surface area contributed by atoms with E-state index >= 15 is 0 Å². The van der Waals surface area contributed by atoms with Gasteiger partial charge >= 0.3 is 15.2 Å². The highest BCUT2D eigenvalue weighted by atomic mass is 35.5. The van der Waals surface area contributed by atoms with Crippen molar-refractivity contribution in [2.45, 2.75) is 25.3 Å². The second-order valence-electron chi connectivity index (χ2n) is 8.06. The summed E-state index contributed by atoms with van der Waals surface area (Å²) in [5.74, 6) is -1.78. The molecule has 194 valence electrons. The Labute approximate surface area is 209 Å². The Morgan fingerprint density at radius 2 is 2.03 bits per heavy atom. The number of nitrogens with zero attached hydrogens (tertiary/aromatic N) is 3. The minimum absolute atomic E-state index is 0.0512. The number of rotatable bonds is 9. The third kappa shape index (κ3) is 6.13. The topological polar surface area (TPSA) is 176 Å². The molecule has 1 aromatic carbocycles. The quantitative estimate of drug-likeness (QED) is 0.190. The van der Waals surface area contributed by atoms with Crippen LogP contribution in [-0.2, 0) is 18.4 Å². The summed E-state index contributed by atoms with van der Waals surface area (Å²) < 4.78 is 48.7. The third-order valence-corrected chi connectivity index (χ3v) is 8.84. The van der Waals surface area contributed by atoms with Crippen molar-refractivity contribution in [2.24, 2.45) is 0 Å². The molecule has 1 aliphatic heterocycles. The number of hydrogen-bond acceptors (Lipinski definition) is 8. The van der Waals surface area contributed by atoms with E-state index in [1.165, 1.54) is 23.0 Å². The average molecular weight is 563 g/mol. The van der Waals surface area contributed by atoms with Gasteiger partial charge < -0.3 is 34.4 Å². The number of hydrogen-bond donors (Lipinski definition) is 5. The minimum Gasteiger partial charge on any atom is -0.468 e. The maximum absolute atomic E-state index is 14.2. The van der Waals surface area contributed by atoms with Crippen molar-refractivity contribution in [3.05, 3.63) is 64.9 Å². The number of aromatic nitrogens is 3. The van der Waals surface area contributed by atoms with Crippen LogP contribution in [0.5, 0.6) is 0 Å². The van der Waals surface area contributed by atoms with Gasteiger partial charge in [-0.05, 0) is 25.1 Å². The number of halogens is 2. The second kappa shape index (κ2) is 10.2. The summed E-state index contributed by atoms with van der Waals surface area (Å²) in [6, 6.07) is 7.44. The standard InChI is InChI=1S/C20H22ClFN4O8P2/c1-11(13-4-2-3-5-15(13)22)24-16-7-18(21)25-19-14(16)8-23-26(19)20-17(27)6-12(34-20)9-33-36(31,32)10-35(28,29)30/h2-8,11,17,20,27H,9-10H2,1H3,(H,24,25)(H,31,32)(H2,28,29,30)/t11-,17+,20+/m0/s1. The highest BCUT2D eigenvalue weighted by Crippen LogP contribution is 2.55. The minimum atomic E-state index is -4.79. The van der Waals surface area contributed by atoms with Crippen LogP contribution in [0.1, 0.15) is 24.8 Å². The Kier molecular flexibility index (Phi) is 7.57. The first-order valence-corrected chi connectivity index (χ1v) is 14.4. The molecule has 4 atom stereocenters. The van der Waals surface area contributed by atoms with E-state index in [0.717, 1.165) is 0 Å². The normalized spacial score (nSPS) is 20.6. The van der Waals surface area contributed by atoms with Gasteiger partial charge in [0, 0.05) is 5.56 Å². The molecule has 1 unspecified atom stereocenters. The molecule has 4 rings (SSSR count). The lowest BCUT2D eigenvalue weighted by Gasteiger charge is -2.19. The zero-order chi connectivity index (χ0) is 26.3. The van der Waals surface area contributed by atoms with E-state index in [1.54, 1.807) is 31.2 Å². The lowest BCUT2D eigenvalue weighted by atomic mass is 10.1. The van der Waals surface area contributed by atoms with Crippen molar-refractivity contribution < 1.29 is 42.6 Å². The van der Waals surface area contributed by atoms with Gasteiger partial charge in [-0.25, -0.2) is 14.1 Å². The fourth-order valence-electron chi connectivity index (χ4n) is 3.68. The van der Waals surface area contributed by atoms with Gasteiger partial charge in [-0.3, -0.25) is 9.13 Å². The number of pyridine rings is 1.